The fourth-order valence-electron chi connectivity index (χ4n) is 4.32. The molecule has 12 nitrogen and oxygen atoms in total. The van der Waals surface area contributed by atoms with Crippen LogP contribution in [0, 0.1) is 0 Å². The summed E-state index contributed by atoms with van der Waals surface area (Å²) in [5, 5.41) is 33.2. The van der Waals surface area contributed by atoms with E-state index in [4.69, 9.17) is 15.3 Å². The number of amides is 3. The lowest BCUT2D eigenvalue weighted by Gasteiger charge is -2.47. The SMILES string of the molecule is NC(=O)OCC1c2c(O)cc(C=NNC(=O)Nc3ccccc3)cc2N2CC3NC3C1(O)O2. The molecular formula is C21H22N6O6. The number of aromatic hydroxyl groups is 1. The standard InChI is InChI=1S/C21H22N6O6/c22-19(29)32-10-13-17-15(27-9-14-18(25-14)21(13,31)33-27)6-11(7-16(17)28)8-23-26-20(30)24-12-4-2-1-3-5-12/h1-8,13-14,18,25,28,31H,9-10H2,(H2,22,29)(H2,24,26,30). The Balaban J connectivity index is 1.37. The average molecular weight is 454 g/mol. The molecule has 4 atom stereocenters. The minimum atomic E-state index is -1.71. The Kier molecular flexibility index (Phi) is 5.04. The predicted molar refractivity (Wildman–Crippen MR) is 117 cm³/mol. The third kappa shape index (κ3) is 3.91. The Morgan fingerprint density at radius 1 is 1.36 bits per heavy atom. The number of aliphatic hydroxyl groups is 1. The van der Waals surface area contributed by atoms with Crippen LogP contribution in [0.3, 0.4) is 0 Å². The van der Waals surface area contributed by atoms with Crippen LogP contribution in [0.25, 0.3) is 0 Å². The number of anilines is 2. The topological polar surface area (TPSA) is 181 Å². The van der Waals surface area contributed by atoms with Crippen molar-refractivity contribution in [3.05, 3.63) is 53.6 Å². The summed E-state index contributed by atoms with van der Waals surface area (Å²) in [6.07, 6.45) is 0.365. The van der Waals surface area contributed by atoms with Crippen LogP contribution in [0.15, 0.2) is 47.6 Å². The van der Waals surface area contributed by atoms with Crippen LogP contribution < -0.4 is 26.9 Å². The van der Waals surface area contributed by atoms with Gasteiger partial charge in [0.1, 0.15) is 12.4 Å². The first-order chi connectivity index (χ1) is 15.8. The van der Waals surface area contributed by atoms with E-state index in [2.05, 4.69) is 21.2 Å². The summed E-state index contributed by atoms with van der Waals surface area (Å²) < 4.78 is 4.95. The number of carbonyl (C=O) groups is 2. The van der Waals surface area contributed by atoms with Gasteiger partial charge in [0, 0.05) is 22.9 Å². The summed E-state index contributed by atoms with van der Waals surface area (Å²) in [6, 6.07) is 11.1. The largest absolute Gasteiger partial charge is 0.508 e. The molecule has 12 heteroatoms. The second-order valence-electron chi connectivity index (χ2n) is 8.00. The first kappa shape index (κ1) is 21.0. The van der Waals surface area contributed by atoms with Gasteiger partial charge in [0.05, 0.1) is 30.4 Å². The number of rotatable bonds is 5. The van der Waals surface area contributed by atoms with Crippen molar-refractivity contribution in [1.29, 1.82) is 0 Å². The van der Waals surface area contributed by atoms with E-state index in [1.165, 1.54) is 17.3 Å². The lowest BCUT2D eigenvalue weighted by molar-refractivity contribution is -0.247. The number of urea groups is 1. The van der Waals surface area contributed by atoms with Crippen LogP contribution in [0.1, 0.15) is 17.0 Å². The molecule has 0 radical (unpaired) electrons. The molecular weight excluding hydrogens is 432 g/mol. The summed E-state index contributed by atoms with van der Waals surface area (Å²) in [5.74, 6) is -2.73. The second kappa shape index (κ2) is 7.92. The highest BCUT2D eigenvalue weighted by atomic mass is 16.8. The number of fused-ring (bicyclic) bond motifs is 6. The van der Waals surface area contributed by atoms with Gasteiger partial charge in [-0.15, -0.1) is 0 Å². The lowest BCUT2D eigenvalue weighted by atomic mass is 9.82. The van der Waals surface area contributed by atoms with Gasteiger partial charge in [-0.05, 0) is 24.3 Å². The van der Waals surface area contributed by atoms with E-state index in [1.54, 1.807) is 30.3 Å². The molecule has 0 saturated carbocycles. The Labute approximate surface area is 187 Å². The molecule has 2 bridgehead atoms. The molecule has 4 unspecified atom stereocenters. The van der Waals surface area contributed by atoms with Crippen molar-refractivity contribution in [3.8, 4) is 5.75 Å². The van der Waals surface area contributed by atoms with Crippen LogP contribution in [0.5, 0.6) is 5.75 Å². The number of nitrogens with two attached hydrogens (primary N) is 1. The summed E-state index contributed by atoms with van der Waals surface area (Å²) in [7, 11) is 0. The Morgan fingerprint density at radius 3 is 2.91 bits per heavy atom. The molecule has 0 spiro atoms. The molecule has 2 saturated heterocycles. The number of phenolic OH excluding ortho intramolecular Hbond substituents is 1. The summed E-state index contributed by atoms with van der Waals surface area (Å²) >= 11 is 0. The Hall–Kier alpha value is -3.87. The van der Waals surface area contributed by atoms with E-state index in [1.807, 2.05) is 6.07 Å². The number of nitrogens with one attached hydrogen (secondary N) is 3. The summed E-state index contributed by atoms with van der Waals surface area (Å²) in [5.41, 5.74) is 9.40. The maximum Gasteiger partial charge on any atom is 0.404 e. The van der Waals surface area contributed by atoms with Crippen molar-refractivity contribution in [1.82, 2.24) is 10.7 Å². The molecule has 0 aromatic heterocycles. The van der Waals surface area contributed by atoms with E-state index in [-0.39, 0.29) is 24.4 Å². The highest BCUT2D eigenvalue weighted by molar-refractivity contribution is 5.90. The Morgan fingerprint density at radius 2 is 2.15 bits per heavy atom. The van der Waals surface area contributed by atoms with Crippen molar-refractivity contribution in [3.63, 3.8) is 0 Å². The van der Waals surface area contributed by atoms with Gasteiger partial charge < -0.3 is 31.3 Å². The molecule has 0 aliphatic carbocycles. The van der Waals surface area contributed by atoms with E-state index < -0.39 is 23.8 Å². The number of benzene rings is 2. The van der Waals surface area contributed by atoms with Gasteiger partial charge >= 0.3 is 12.1 Å². The molecule has 2 aromatic rings. The number of ether oxygens (including phenoxy) is 1. The van der Waals surface area contributed by atoms with E-state index in [0.29, 0.717) is 29.0 Å². The Bertz CT molecular complexity index is 1130. The monoisotopic (exact) mass is 454 g/mol. The quantitative estimate of drug-likeness (QED) is 0.215. The normalized spacial score (nSPS) is 26.8. The molecule has 3 amide bonds. The number of primary amides is 1. The number of hydroxylamine groups is 1. The van der Waals surface area contributed by atoms with Gasteiger partial charge in [-0.2, -0.15) is 5.10 Å². The smallest absolute Gasteiger partial charge is 0.404 e. The molecule has 3 aliphatic heterocycles. The molecule has 3 aliphatic rings. The van der Waals surface area contributed by atoms with Crippen LogP contribution in [0.2, 0.25) is 0 Å². The van der Waals surface area contributed by atoms with Gasteiger partial charge in [-0.25, -0.2) is 24.9 Å². The van der Waals surface area contributed by atoms with Crippen LogP contribution >= 0.6 is 0 Å². The van der Waals surface area contributed by atoms with Crippen LogP contribution in [-0.2, 0) is 9.57 Å². The number of para-hydroxylation sites is 1. The molecule has 7 N–H and O–H groups in total. The van der Waals surface area contributed by atoms with Crippen molar-refractivity contribution < 1.29 is 29.4 Å². The van der Waals surface area contributed by atoms with E-state index in [9.17, 15) is 19.8 Å². The van der Waals surface area contributed by atoms with E-state index in [0.717, 1.165) is 0 Å². The lowest BCUT2D eigenvalue weighted by Crippen LogP contribution is -2.59. The average Bonchev–Trinajstić information content (AvgIpc) is 3.55. The number of hydrogen-bond acceptors (Lipinski definition) is 9. The minimum absolute atomic E-state index is 0.0178. The van der Waals surface area contributed by atoms with Gasteiger partial charge in [0.2, 0.25) is 5.79 Å². The van der Waals surface area contributed by atoms with Gasteiger partial charge in [-0.1, -0.05) is 18.2 Å². The summed E-state index contributed by atoms with van der Waals surface area (Å²) in [4.78, 5) is 29.0. The van der Waals surface area contributed by atoms with Crippen LogP contribution in [-0.4, -0.2) is 59.6 Å². The van der Waals surface area contributed by atoms with Crippen LogP contribution in [0.4, 0.5) is 21.0 Å². The zero-order chi connectivity index (χ0) is 23.2. The highest BCUT2D eigenvalue weighted by Crippen LogP contribution is 2.53. The van der Waals surface area contributed by atoms with Crippen molar-refractivity contribution >= 4 is 29.7 Å². The number of phenols is 1. The molecule has 172 valence electrons. The fraction of sp³-hybridized carbons (Fsp3) is 0.286. The zero-order valence-corrected chi connectivity index (χ0v) is 17.3. The van der Waals surface area contributed by atoms with Crippen molar-refractivity contribution in [2.24, 2.45) is 10.8 Å². The number of nitrogens with zero attached hydrogens (tertiary/aromatic N) is 2. The molecule has 5 rings (SSSR count). The maximum absolute atomic E-state index is 12.0. The molecule has 2 aromatic carbocycles. The number of hydrazone groups is 1. The van der Waals surface area contributed by atoms with Crippen molar-refractivity contribution in [2.45, 2.75) is 23.8 Å². The highest BCUT2D eigenvalue weighted by Gasteiger charge is 2.65. The van der Waals surface area contributed by atoms with Crippen molar-refractivity contribution in [2.75, 3.05) is 23.5 Å². The minimum Gasteiger partial charge on any atom is -0.508 e. The van der Waals surface area contributed by atoms with E-state index >= 15 is 0 Å². The predicted octanol–water partition coefficient (Wildman–Crippen LogP) is 0.521. The van der Waals surface area contributed by atoms with Gasteiger partial charge in [0.15, 0.2) is 0 Å². The number of carbonyl (C=O) groups excluding carboxylic acids is 2. The summed E-state index contributed by atoms with van der Waals surface area (Å²) in [6.45, 7) is 0.168. The second-order valence-corrected chi connectivity index (χ2v) is 8.00. The van der Waals surface area contributed by atoms with Gasteiger partial charge in [-0.3, -0.25) is 0 Å². The molecule has 2 fully saturated rings. The fourth-order valence-corrected chi connectivity index (χ4v) is 4.32. The molecule has 3 heterocycles. The number of hydrogen-bond donors (Lipinski definition) is 6. The third-order valence-corrected chi connectivity index (χ3v) is 5.83. The first-order valence-electron chi connectivity index (χ1n) is 10.2. The first-order valence-corrected chi connectivity index (χ1v) is 10.2. The van der Waals surface area contributed by atoms with Gasteiger partial charge in [0.25, 0.3) is 0 Å². The zero-order valence-electron chi connectivity index (χ0n) is 17.3. The molecule has 33 heavy (non-hydrogen) atoms. The third-order valence-electron chi connectivity index (χ3n) is 5.83. The maximum atomic E-state index is 12.0.